The predicted octanol–water partition coefficient (Wildman–Crippen LogP) is 7.99. The summed E-state index contributed by atoms with van der Waals surface area (Å²) in [5.41, 5.74) is 12.6. The van der Waals surface area contributed by atoms with E-state index in [-0.39, 0.29) is 13.2 Å². The number of benzene rings is 4. The lowest BCUT2D eigenvalue weighted by Crippen LogP contribution is -2.38. The Morgan fingerprint density at radius 2 is 1.22 bits per heavy atom. The first-order chi connectivity index (χ1) is 24.1. The van der Waals surface area contributed by atoms with Crippen LogP contribution in [0.3, 0.4) is 0 Å². The normalized spacial score (nSPS) is 11.2. The fraction of sp³-hybridized carbons (Fsp3) is 0.0732. The number of aromatic nitrogens is 4. The zero-order valence-electron chi connectivity index (χ0n) is 26.6. The summed E-state index contributed by atoms with van der Waals surface area (Å²) in [6.45, 7) is 0.278. The first-order valence-electron chi connectivity index (χ1n) is 15.9. The maximum absolute atomic E-state index is 10.8. The fourth-order valence-electron chi connectivity index (χ4n) is 6.16. The van der Waals surface area contributed by atoms with E-state index in [0.29, 0.717) is 5.75 Å². The summed E-state index contributed by atoms with van der Waals surface area (Å²) in [6, 6.07) is 49.0. The number of carbonyl (C=O) groups is 1. The Kier molecular flexibility index (Phi) is 8.92. The van der Waals surface area contributed by atoms with Crippen molar-refractivity contribution < 1.29 is 14.3 Å². The number of hydrogen-bond acceptors (Lipinski definition) is 6. The van der Waals surface area contributed by atoms with Crippen LogP contribution >= 0.6 is 0 Å². The lowest BCUT2D eigenvalue weighted by Gasteiger charge is -2.36. The summed E-state index contributed by atoms with van der Waals surface area (Å²) in [4.78, 5) is 20.3. The van der Waals surface area contributed by atoms with Gasteiger partial charge in [-0.2, -0.15) is 5.10 Å². The van der Waals surface area contributed by atoms with Gasteiger partial charge in [-0.1, -0.05) is 97.1 Å². The van der Waals surface area contributed by atoms with Crippen molar-refractivity contribution in [1.29, 1.82) is 0 Å². The molecule has 0 atom stereocenters. The molecule has 0 fully saturated rings. The molecule has 3 heterocycles. The second kappa shape index (κ2) is 14.1. The second-order valence-electron chi connectivity index (χ2n) is 11.3. The van der Waals surface area contributed by atoms with Crippen LogP contribution in [0.15, 0.2) is 164 Å². The molecule has 1 amide bonds. The second-order valence-corrected chi connectivity index (χ2v) is 11.3. The Labute approximate surface area is 284 Å². The van der Waals surface area contributed by atoms with Crippen LogP contribution in [-0.2, 0) is 10.3 Å². The van der Waals surface area contributed by atoms with Crippen LogP contribution in [0.4, 0.5) is 4.79 Å². The molecule has 8 nitrogen and oxygen atoms in total. The number of hydrogen-bond donors (Lipinski definition) is 1. The van der Waals surface area contributed by atoms with Crippen molar-refractivity contribution in [3.8, 4) is 39.5 Å². The third-order valence-corrected chi connectivity index (χ3v) is 8.36. The van der Waals surface area contributed by atoms with Gasteiger partial charge in [0.15, 0.2) is 0 Å². The maximum atomic E-state index is 10.8. The van der Waals surface area contributed by atoms with Gasteiger partial charge >= 0.3 is 6.09 Å². The Bertz CT molecular complexity index is 2040. The van der Waals surface area contributed by atoms with E-state index >= 15 is 0 Å². The minimum atomic E-state index is -0.826. The molecule has 0 saturated heterocycles. The minimum absolute atomic E-state index is 0.0765. The van der Waals surface area contributed by atoms with Gasteiger partial charge in [0.1, 0.15) is 30.2 Å². The molecule has 49 heavy (non-hydrogen) atoms. The van der Waals surface area contributed by atoms with Gasteiger partial charge in [-0.15, -0.1) is 0 Å². The number of nitrogens with zero attached hydrogens (tertiary/aromatic N) is 4. The SMILES string of the molecule is NC(=O)OCCOc1ccc(-c2cc(-c3cn(C(c4ccccc4)(c4ccccc4)c4ccccc4)nc3-c3ccccn3)ccn2)cc1. The third-order valence-electron chi connectivity index (χ3n) is 8.36. The molecule has 240 valence electrons. The number of nitrogens with two attached hydrogens (primary N) is 1. The van der Waals surface area contributed by atoms with E-state index < -0.39 is 11.6 Å². The zero-order valence-corrected chi connectivity index (χ0v) is 26.6. The molecule has 7 aromatic rings. The third kappa shape index (κ3) is 6.40. The van der Waals surface area contributed by atoms with Gasteiger partial charge in [-0.3, -0.25) is 14.6 Å². The Morgan fingerprint density at radius 3 is 1.80 bits per heavy atom. The van der Waals surface area contributed by atoms with Crippen molar-refractivity contribution in [2.75, 3.05) is 13.2 Å². The molecule has 7 rings (SSSR count). The number of rotatable bonds is 11. The summed E-state index contributed by atoms with van der Waals surface area (Å²) in [5, 5.41) is 5.40. The van der Waals surface area contributed by atoms with E-state index in [1.165, 1.54) is 0 Å². The number of ether oxygens (including phenoxy) is 2. The topological polar surface area (TPSA) is 105 Å². The van der Waals surface area contributed by atoms with Gasteiger partial charge in [0, 0.05) is 29.7 Å². The smallest absolute Gasteiger partial charge is 0.404 e. The van der Waals surface area contributed by atoms with Crippen molar-refractivity contribution in [3.63, 3.8) is 0 Å². The number of amides is 1. The molecule has 0 aliphatic heterocycles. The number of pyridine rings is 2. The Morgan fingerprint density at radius 1 is 0.633 bits per heavy atom. The highest BCUT2D eigenvalue weighted by Gasteiger charge is 2.40. The zero-order chi connectivity index (χ0) is 33.5. The van der Waals surface area contributed by atoms with E-state index in [1.54, 1.807) is 6.20 Å². The monoisotopic (exact) mass is 643 g/mol. The molecule has 0 radical (unpaired) electrons. The van der Waals surface area contributed by atoms with Gasteiger partial charge in [0.05, 0.1) is 11.4 Å². The quantitative estimate of drug-likeness (QED) is 0.113. The van der Waals surface area contributed by atoms with E-state index in [0.717, 1.165) is 50.5 Å². The van der Waals surface area contributed by atoms with Crippen LogP contribution in [0.5, 0.6) is 5.75 Å². The van der Waals surface area contributed by atoms with Crippen LogP contribution in [0, 0.1) is 0 Å². The van der Waals surface area contributed by atoms with Crippen molar-refractivity contribution in [1.82, 2.24) is 19.7 Å². The van der Waals surface area contributed by atoms with Gasteiger partial charge in [0.2, 0.25) is 0 Å². The largest absolute Gasteiger partial charge is 0.490 e. The van der Waals surface area contributed by atoms with Crippen LogP contribution in [0.2, 0.25) is 0 Å². The van der Waals surface area contributed by atoms with Gasteiger partial charge in [-0.05, 0) is 70.8 Å². The van der Waals surface area contributed by atoms with Crippen molar-refractivity contribution in [2.45, 2.75) is 5.54 Å². The minimum Gasteiger partial charge on any atom is -0.490 e. The maximum Gasteiger partial charge on any atom is 0.404 e. The fourth-order valence-corrected chi connectivity index (χ4v) is 6.16. The van der Waals surface area contributed by atoms with Crippen LogP contribution in [-0.4, -0.2) is 39.1 Å². The standard InChI is InChI=1S/C41H33N5O3/c42-40(47)49-27-26-48-35-21-19-30(20-22-35)38-28-31(23-25-44-38)36-29-46(45-39(36)37-18-10-11-24-43-37)41(32-12-4-1-5-13-32,33-14-6-2-7-15-33)34-16-8-3-9-17-34/h1-25,28-29H,26-27H2,(H2,42,47). The first-order valence-corrected chi connectivity index (χ1v) is 15.9. The molecule has 0 bridgehead atoms. The lowest BCUT2D eigenvalue weighted by atomic mass is 9.77. The molecule has 8 heteroatoms. The van der Waals surface area contributed by atoms with E-state index in [1.807, 2.05) is 72.9 Å². The highest BCUT2D eigenvalue weighted by Crippen LogP contribution is 2.43. The van der Waals surface area contributed by atoms with Gasteiger partial charge in [-0.25, -0.2) is 4.79 Å². The average Bonchev–Trinajstić information content (AvgIpc) is 3.61. The number of primary amides is 1. The van der Waals surface area contributed by atoms with E-state index in [4.69, 9.17) is 30.3 Å². The number of carbonyl (C=O) groups excluding carboxylic acids is 1. The molecule has 0 aliphatic rings. The van der Waals surface area contributed by atoms with Gasteiger partial charge < -0.3 is 15.2 Å². The van der Waals surface area contributed by atoms with Crippen molar-refractivity contribution in [2.24, 2.45) is 5.73 Å². The molecule has 2 N–H and O–H groups in total. The molecule has 0 spiro atoms. The van der Waals surface area contributed by atoms with Gasteiger partial charge in [0.25, 0.3) is 0 Å². The Hall–Kier alpha value is -6.54. The van der Waals surface area contributed by atoms with Crippen LogP contribution < -0.4 is 10.5 Å². The predicted molar refractivity (Wildman–Crippen MR) is 190 cm³/mol. The lowest BCUT2D eigenvalue weighted by molar-refractivity contribution is 0.134. The van der Waals surface area contributed by atoms with E-state index in [2.05, 4.69) is 89.7 Å². The van der Waals surface area contributed by atoms with Crippen molar-refractivity contribution in [3.05, 3.63) is 181 Å². The molecular formula is C41H33N5O3. The van der Waals surface area contributed by atoms with Crippen LogP contribution in [0.25, 0.3) is 33.8 Å². The molecule has 4 aromatic carbocycles. The Balaban J connectivity index is 1.37. The summed E-state index contributed by atoms with van der Waals surface area (Å²) >= 11 is 0. The average molecular weight is 644 g/mol. The highest BCUT2D eigenvalue weighted by atomic mass is 16.6. The van der Waals surface area contributed by atoms with E-state index in [9.17, 15) is 4.79 Å². The van der Waals surface area contributed by atoms with Crippen molar-refractivity contribution >= 4 is 6.09 Å². The molecule has 0 aliphatic carbocycles. The summed E-state index contributed by atoms with van der Waals surface area (Å²) in [5.74, 6) is 0.644. The summed E-state index contributed by atoms with van der Waals surface area (Å²) < 4.78 is 12.5. The van der Waals surface area contributed by atoms with Crippen LogP contribution in [0.1, 0.15) is 16.7 Å². The molecule has 0 unspecified atom stereocenters. The first kappa shape index (κ1) is 31.1. The summed E-state index contributed by atoms with van der Waals surface area (Å²) in [6.07, 6.45) is 4.90. The molecule has 0 saturated carbocycles. The molecule has 3 aromatic heterocycles. The highest BCUT2D eigenvalue weighted by molar-refractivity contribution is 5.81. The summed E-state index contributed by atoms with van der Waals surface area (Å²) in [7, 11) is 0. The molecular weight excluding hydrogens is 610 g/mol.